The van der Waals surface area contributed by atoms with Crippen molar-refractivity contribution in [1.29, 1.82) is 0 Å². The Kier molecular flexibility index (Phi) is 9.17. The van der Waals surface area contributed by atoms with Gasteiger partial charge in [0.2, 0.25) is 5.28 Å². The Bertz CT molecular complexity index is 1540. The van der Waals surface area contributed by atoms with E-state index < -0.39 is 79.2 Å². The van der Waals surface area contributed by atoms with E-state index in [0.717, 1.165) is 35.2 Å². The molecule has 1 saturated heterocycles. The van der Waals surface area contributed by atoms with Gasteiger partial charge in [-0.05, 0) is 29.3 Å². The third kappa shape index (κ3) is 6.76. The standard InChI is InChI=1S/C25H24ClF4N5O9/c1-10(2)20(36)43-16-13(42-19(14(16)27)35-9-32-15-17(31)33-23(26)34-18(15)35)8-41-24(21(37)38,22(39)40)7-11-3-5-12(6-4-11)44-25(28,29)30/h3-6,9-10,13-14,16,19H,7-8H2,1-2H3,(H,37,38)(H,39,40)(H2,31,33,34)/t13-,14+,16-,19-/m1/s1. The molecule has 1 fully saturated rings. The van der Waals surface area contributed by atoms with E-state index in [2.05, 4.69) is 19.7 Å². The van der Waals surface area contributed by atoms with Crippen molar-refractivity contribution < 1.29 is 61.1 Å². The number of nitrogen functional groups attached to an aromatic ring is 1. The number of benzene rings is 1. The number of ether oxygens (including phenoxy) is 4. The van der Waals surface area contributed by atoms with Crippen LogP contribution in [0.1, 0.15) is 25.6 Å². The van der Waals surface area contributed by atoms with Crippen molar-refractivity contribution in [2.24, 2.45) is 5.92 Å². The maximum absolute atomic E-state index is 15.9. The molecule has 0 spiro atoms. The minimum absolute atomic E-state index is 0.0445. The summed E-state index contributed by atoms with van der Waals surface area (Å²) in [4.78, 5) is 48.7. The monoisotopic (exact) mass is 649 g/mol. The number of carbonyl (C=O) groups is 3. The zero-order valence-corrected chi connectivity index (χ0v) is 23.5. The molecule has 4 rings (SSSR count). The van der Waals surface area contributed by atoms with Gasteiger partial charge in [-0.2, -0.15) is 9.97 Å². The van der Waals surface area contributed by atoms with Gasteiger partial charge < -0.3 is 34.9 Å². The number of nitrogens with zero attached hydrogens (tertiary/aromatic N) is 4. The fourth-order valence-corrected chi connectivity index (χ4v) is 4.47. The molecule has 3 heterocycles. The average Bonchev–Trinajstić information content (AvgIpc) is 3.47. The number of rotatable bonds is 11. The number of hydrogen-bond donors (Lipinski definition) is 3. The molecule has 3 aromatic rings. The highest BCUT2D eigenvalue weighted by atomic mass is 35.5. The van der Waals surface area contributed by atoms with Crippen LogP contribution in [-0.2, 0) is 35.0 Å². The van der Waals surface area contributed by atoms with Gasteiger partial charge in [0.1, 0.15) is 17.4 Å². The molecule has 238 valence electrons. The summed E-state index contributed by atoms with van der Waals surface area (Å²) in [6.45, 7) is 2.03. The van der Waals surface area contributed by atoms with Crippen molar-refractivity contribution in [1.82, 2.24) is 19.5 Å². The lowest BCUT2D eigenvalue weighted by Gasteiger charge is -2.28. The zero-order valence-electron chi connectivity index (χ0n) is 22.7. The highest BCUT2D eigenvalue weighted by Gasteiger charge is 2.53. The second-order valence-corrected chi connectivity index (χ2v) is 10.2. The third-order valence-electron chi connectivity index (χ3n) is 6.48. The third-order valence-corrected chi connectivity index (χ3v) is 6.65. The average molecular weight is 650 g/mol. The van der Waals surface area contributed by atoms with Crippen molar-refractivity contribution in [3.05, 3.63) is 41.4 Å². The van der Waals surface area contributed by atoms with E-state index >= 15 is 4.39 Å². The number of hydrogen-bond acceptors (Lipinski definition) is 11. The number of nitrogens with two attached hydrogens (primary N) is 1. The Balaban J connectivity index is 1.63. The van der Waals surface area contributed by atoms with Crippen molar-refractivity contribution in [2.75, 3.05) is 12.3 Å². The minimum Gasteiger partial charge on any atom is -0.479 e. The number of halogens is 5. The summed E-state index contributed by atoms with van der Waals surface area (Å²) in [5.74, 6) is -6.28. The zero-order chi connectivity index (χ0) is 32.6. The van der Waals surface area contributed by atoms with E-state index in [-0.39, 0.29) is 27.8 Å². The molecule has 19 heteroatoms. The molecular formula is C25H24ClF4N5O9. The highest BCUT2D eigenvalue weighted by Crippen LogP contribution is 2.37. The molecule has 14 nitrogen and oxygen atoms in total. The number of imidazole rings is 1. The van der Waals surface area contributed by atoms with E-state index in [1.807, 2.05) is 0 Å². The van der Waals surface area contributed by atoms with Gasteiger partial charge in [0.15, 0.2) is 30.0 Å². The van der Waals surface area contributed by atoms with Crippen molar-refractivity contribution in [3.63, 3.8) is 0 Å². The number of anilines is 1. The van der Waals surface area contributed by atoms with Gasteiger partial charge >= 0.3 is 24.3 Å². The van der Waals surface area contributed by atoms with E-state index in [1.165, 1.54) is 13.8 Å². The van der Waals surface area contributed by atoms with E-state index in [9.17, 15) is 37.8 Å². The molecule has 4 N–H and O–H groups in total. The smallest absolute Gasteiger partial charge is 0.479 e. The highest BCUT2D eigenvalue weighted by molar-refractivity contribution is 6.28. The van der Waals surface area contributed by atoms with Crippen LogP contribution in [0.15, 0.2) is 30.6 Å². The summed E-state index contributed by atoms with van der Waals surface area (Å²) in [6.07, 6.45) is -11.8. The van der Waals surface area contributed by atoms with Crippen LogP contribution in [-0.4, -0.2) is 84.6 Å². The molecule has 2 aromatic heterocycles. The van der Waals surface area contributed by atoms with Gasteiger partial charge in [-0.25, -0.2) is 19.0 Å². The number of alkyl halides is 4. The summed E-state index contributed by atoms with van der Waals surface area (Å²) in [6, 6.07) is 3.74. The summed E-state index contributed by atoms with van der Waals surface area (Å²) in [5, 5.41) is 19.5. The van der Waals surface area contributed by atoms with Crippen LogP contribution < -0.4 is 10.5 Å². The Labute approximate surface area is 249 Å². The van der Waals surface area contributed by atoms with Gasteiger partial charge in [0, 0.05) is 6.42 Å². The predicted molar refractivity (Wildman–Crippen MR) is 139 cm³/mol. The Morgan fingerprint density at radius 2 is 1.77 bits per heavy atom. The molecule has 0 saturated carbocycles. The molecule has 0 aliphatic carbocycles. The molecule has 44 heavy (non-hydrogen) atoms. The molecule has 4 atom stereocenters. The van der Waals surface area contributed by atoms with Crippen LogP contribution in [0.5, 0.6) is 5.75 Å². The van der Waals surface area contributed by atoms with Crippen molar-refractivity contribution >= 4 is 46.5 Å². The SMILES string of the molecule is CC(C)C(=O)O[C@H]1[C@H](F)[C@H](n2cnc3c(N)nc(Cl)nc32)O[C@@H]1COC(Cc1ccc(OC(F)(F)F)cc1)(C(=O)O)C(=O)O. The largest absolute Gasteiger partial charge is 0.573 e. The van der Waals surface area contributed by atoms with Crippen LogP contribution in [0.25, 0.3) is 11.2 Å². The molecule has 0 radical (unpaired) electrons. The summed E-state index contributed by atoms with van der Waals surface area (Å²) >= 11 is 5.88. The minimum atomic E-state index is -4.99. The van der Waals surface area contributed by atoms with Gasteiger partial charge in [-0.1, -0.05) is 26.0 Å². The van der Waals surface area contributed by atoms with Crippen LogP contribution >= 0.6 is 11.6 Å². The first-order chi connectivity index (χ1) is 20.5. The molecule has 1 aliphatic heterocycles. The first-order valence-corrected chi connectivity index (χ1v) is 13.0. The van der Waals surface area contributed by atoms with E-state index in [0.29, 0.717) is 0 Å². The molecule has 1 aromatic carbocycles. The summed E-state index contributed by atoms with van der Waals surface area (Å²) < 4.78 is 74.7. The molecule has 1 aliphatic rings. The maximum Gasteiger partial charge on any atom is 0.573 e. The fraction of sp³-hybridized carbons (Fsp3) is 0.440. The van der Waals surface area contributed by atoms with Gasteiger partial charge in [-0.3, -0.25) is 9.36 Å². The Morgan fingerprint density at radius 1 is 1.14 bits per heavy atom. The van der Waals surface area contributed by atoms with E-state index in [1.54, 1.807) is 0 Å². The normalized spacial score (nSPS) is 20.6. The van der Waals surface area contributed by atoms with Crippen molar-refractivity contribution in [2.45, 2.75) is 56.8 Å². The van der Waals surface area contributed by atoms with Crippen LogP contribution in [0.4, 0.5) is 23.4 Å². The van der Waals surface area contributed by atoms with Crippen LogP contribution in [0.3, 0.4) is 0 Å². The fourth-order valence-electron chi connectivity index (χ4n) is 4.30. The number of esters is 1. The van der Waals surface area contributed by atoms with Gasteiger partial charge in [-0.15, -0.1) is 13.2 Å². The molecule has 0 amide bonds. The van der Waals surface area contributed by atoms with Crippen LogP contribution in [0.2, 0.25) is 5.28 Å². The lowest BCUT2D eigenvalue weighted by molar-refractivity contribution is -0.274. The second-order valence-electron chi connectivity index (χ2n) is 9.88. The number of aromatic nitrogens is 4. The first kappa shape index (κ1) is 32.6. The lowest BCUT2D eigenvalue weighted by Crippen LogP contribution is -2.53. The quantitative estimate of drug-likeness (QED) is 0.119. The number of carbonyl (C=O) groups excluding carboxylic acids is 1. The number of carboxylic acid groups (broad SMARTS) is 2. The van der Waals surface area contributed by atoms with Gasteiger partial charge in [0.05, 0.1) is 18.9 Å². The summed E-state index contributed by atoms with van der Waals surface area (Å²) in [7, 11) is 0. The topological polar surface area (TPSA) is 198 Å². The number of fused-ring (bicyclic) bond motifs is 1. The van der Waals surface area contributed by atoms with Crippen LogP contribution in [0, 0.1) is 5.92 Å². The van der Waals surface area contributed by atoms with Gasteiger partial charge in [0.25, 0.3) is 5.60 Å². The molecular weight excluding hydrogens is 626 g/mol. The number of aliphatic carboxylic acids is 2. The Morgan fingerprint density at radius 3 is 2.34 bits per heavy atom. The first-order valence-electron chi connectivity index (χ1n) is 12.6. The van der Waals surface area contributed by atoms with E-state index in [4.69, 9.17) is 31.5 Å². The Hall–Kier alpha value is -4.29. The number of carboxylic acids is 2. The second kappa shape index (κ2) is 12.4. The maximum atomic E-state index is 15.9. The predicted octanol–water partition coefficient (Wildman–Crippen LogP) is 2.93. The van der Waals surface area contributed by atoms with Crippen molar-refractivity contribution in [3.8, 4) is 5.75 Å². The molecule has 0 unspecified atom stereocenters. The lowest BCUT2D eigenvalue weighted by atomic mass is 9.94. The summed E-state index contributed by atoms with van der Waals surface area (Å²) in [5.41, 5.74) is 2.72. The molecule has 0 bridgehead atoms.